The van der Waals surface area contributed by atoms with Crippen LogP contribution in [-0.2, 0) is 6.18 Å². The molecule has 3 aromatic rings. The fraction of sp³-hybridized carbons (Fsp3) is 0.182. The van der Waals surface area contributed by atoms with Crippen molar-refractivity contribution in [2.75, 3.05) is 14.2 Å². The highest BCUT2D eigenvalue weighted by molar-refractivity contribution is 5.97. The van der Waals surface area contributed by atoms with Crippen LogP contribution in [0.15, 0.2) is 54.8 Å². The van der Waals surface area contributed by atoms with Crippen molar-refractivity contribution < 1.29 is 32.5 Å². The fourth-order valence-electron chi connectivity index (χ4n) is 3.65. The van der Waals surface area contributed by atoms with Gasteiger partial charge in [0.25, 0.3) is 0 Å². The van der Waals surface area contributed by atoms with Crippen LogP contribution in [0, 0.1) is 0 Å². The lowest BCUT2D eigenvalue weighted by Crippen LogP contribution is -2.15. The molecule has 150 valence electrons. The molecule has 0 radical (unpaired) electrons. The summed E-state index contributed by atoms with van der Waals surface area (Å²) in [5.41, 5.74) is -0.644. The van der Waals surface area contributed by atoms with Gasteiger partial charge in [-0.15, -0.1) is 0 Å². The molecular weight excluding hydrogens is 385 g/mol. The van der Waals surface area contributed by atoms with Crippen LogP contribution < -0.4 is 14.2 Å². The first-order valence-electron chi connectivity index (χ1n) is 8.75. The smallest absolute Gasteiger partial charge is 0.416 e. The van der Waals surface area contributed by atoms with Crippen LogP contribution in [0.25, 0.3) is 16.3 Å². The molecule has 4 nitrogen and oxygen atoms in total. The lowest BCUT2D eigenvalue weighted by Gasteiger charge is -2.27. The van der Waals surface area contributed by atoms with Crippen LogP contribution in [0.5, 0.6) is 17.2 Å². The van der Waals surface area contributed by atoms with E-state index in [1.165, 1.54) is 32.4 Å². The van der Waals surface area contributed by atoms with E-state index >= 15 is 0 Å². The topological polar surface area (TPSA) is 47.9 Å². The van der Waals surface area contributed by atoms with E-state index < -0.39 is 17.8 Å². The van der Waals surface area contributed by atoms with Gasteiger partial charge in [-0.3, -0.25) is 0 Å². The molecule has 1 atom stereocenters. The largest absolute Gasteiger partial charge is 0.493 e. The van der Waals surface area contributed by atoms with Crippen LogP contribution >= 0.6 is 0 Å². The molecule has 3 aromatic carbocycles. The summed E-state index contributed by atoms with van der Waals surface area (Å²) < 4.78 is 57.0. The van der Waals surface area contributed by atoms with Crippen molar-refractivity contribution in [1.29, 1.82) is 0 Å². The molecule has 0 aliphatic carbocycles. The molecule has 0 aromatic heterocycles. The first-order valence-corrected chi connectivity index (χ1v) is 8.75. The van der Waals surface area contributed by atoms with Crippen molar-refractivity contribution in [3.05, 3.63) is 71.5 Å². The van der Waals surface area contributed by atoms with Crippen molar-refractivity contribution in [3.8, 4) is 17.2 Å². The van der Waals surface area contributed by atoms with Gasteiger partial charge in [0.15, 0.2) is 11.5 Å². The highest BCUT2D eigenvalue weighted by atomic mass is 19.4. The molecule has 0 bridgehead atoms. The molecule has 7 heteroatoms. The van der Waals surface area contributed by atoms with E-state index in [2.05, 4.69) is 0 Å². The second kappa shape index (κ2) is 7.00. The summed E-state index contributed by atoms with van der Waals surface area (Å²) in [5.74, 6) is 1.15. The number of fused-ring (bicyclic) bond motifs is 3. The maximum absolute atomic E-state index is 13.5. The van der Waals surface area contributed by atoms with Crippen molar-refractivity contribution in [2.45, 2.75) is 12.3 Å². The highest BCUT2D eigenvalue weighted by Crippen LogP contribution is 2.49. The molecule has 0 saturated heterocycles. The van der Waals surface area contributed by atoms with Gasteiger partial charge >= 0.3 is 6.18 Å². The molecule has 1 unspecified atom stereocenters. The number of hydrogen-bond acceptors (Lipinski definition) is 4. The van der Waals surface area contributed by atoms with Gasteiger partial charge < -0.3 is 19.3 Å². The number of alkyl halides is 3. The second-order valence-electron chi connectivity index (χ2n) is 6.51. The van der Waals surface area contributed by atoms with E-state index in [9.17, 15) is 18.3 Å². The maximum Gasteiger partial charge on any atom is 0.416 e. The maximum atomic E-state index is 13.5. The Hall–Kier alpha value is -3.19. The normalized spacial score (nSPS) is 16.1. The van der Waals surface area contributed by atoms with E-state index in [0.717, 1.165) is 17.7 Å². The second-order valence-corrected chi connectivity index (χ2v) is 6.51. The van der Waals surface area contributed by atoms with Crippen LogP contribution in [0.2, 0.25) is 0 Å². The lowest BCUT2D eigenvalue weighted by atomic mass is 9.88. The monoisotopic (exact) mass is 402 g/mol. The van der Waals surface area contributed by atoms with Gasteiger partial charge in [0, 0.05) is 16.5 Å². The lowest BCUT2D eigenvalue weighted by molar-refractivity contribution is -0.137. The predicted molar refractivity (Wildman–Crippen MR) is 102 cm³/mol. The van der Waals surface area contributed by atoms with Gasteiger partial charge in [0.05, 0.1) is 26.0 Å². The van der Waals surface area contributed by atoms with Crippen LogP contribution in [-0.4, -0.2) is 19.3 Å². The summed E-state index contributed by atoms with van der Waals surface area (Å²) in [5, 5.41) is 12.4. The van der Waals surface area contributed by atoms with E-state index in [-0.39, 0.29) is 11.1 Å². The minimum Gasteiger partial charge on any atom is -0.493 e. The average Bonchev–Trinajstić information content (AvgIpc) is 2.72. The highest BCUT2D eigenvalue weighted by Gasteiger charge is 2.37. The summed E-state index contributed by atoms with van der Waals surface area (Å²) >= 11 is 0. The van der Waals surface area contributed by atoms with Crippen LogP contribution in [0.1, 0.15) is 22.8 Å². The number of hydrogen-bond donors (Lipinski definition) is 1. The predicted octanol–water partition coefficient (Wildman–Crippen LogP) is 5.34. The first kappa shape index (κ1) is 19.1. The van der Waals surface area contributed by atoms with Crippen LogP contribution in [0.3, 0.4) is 0 Å². The van der Waals surface area contributed by atoms with Gasteiger partial charge in [0.1, 0.15) is 11.9 Å². The molecule has 0 fully saturated rings. The zero-order valence-electron chi connectivity index (χ0n) is 15.6. The van der Waals surface area contributed by atoms with Crippen LogP contribution in [0.4, 0.5) is 13.2 Å². The summed E-state index contributed by atoms with van der Waals surface area (Å²) in [7, 11) is 2.94. The fourth-order valence-corrected chi connectivity index (χ4v) is 3.65. The van der Waals surface area contributed by atoms with E-state index in [0.29, 0.717) is 28.2 Å². The van der Waals surface area contributed by atoms with Crippen molar-refractivity contribution in [3.63, 3.8) is 0 Å². The average molecular weight is 402 g/mol. The first-order chi connectivity index (χ1) is 13.9. The number of ether oxygens (including phenoxy) is 3. The number of benzene rings is 3. The zero-order valence-corrected chi connectivity index (χ0v) is 15.6. The summed E-state index contributed by atoms with van der Waals surface area (Å²) in [4.78, 5) is 0. The van der Waals surface area contributed by atoms with E-state index in [1.54, 1.807) is 24.3 Å². The van der Waals surface area contributed by atoms with Crippen molar-refractivity contribution >= 4 is 16.3 Å². The third-order valence-corrected chi connectivity index (χ3v) is 4.95. The Bertz CT molecular complexity index is 1120. The number of aliphatic hydroxyl groups is 1. The van der Waals surface area contributed by atoms with Gasteiger partial charge in [-0.05, 0) is 29.1 Å². The molecule has 1 N–H and O–H groups in total. The quantitative estimate of drug-likeness (QED) is 0.642. The SMILES string of the molecule is COc1ccc2ccc3c(c2c1OC)C(O)C(c1ccccc1C(F)(F)F)=CO3. The van der Waals surface area contributed by atoms with Gasteiger partial charge in [-0.2, -0.15) is 13.2 Å². The Morgan fingerprint density at radius 3 is 2.38 bits per heavy atom. The molecule has 4 rings (SSSR count). The molecule has 29 heavy (non-hydrogen) atoms. The summed E-state index contributed by atoms with van der Waals surface area (Å²) in [6.45, 7) is 0. The van der Waals surface area contributed by atoms with Gasteiger partial charge in [-0.1, -0.05) is 30.3 Å². The minimum absolute atomic E-state index is 0.0165. The Kier molecular flexibility index (Phi) is 4.62. The zero-order chi connectivity index (χ0) is 20.8. The summed E-state index contributed by atoms with van der Waals surface area (Å²) in [6, 6.07) is 12.0. The number of methoxy groups -OCH3 is 2. The Morgan fingerprint density at radius 2 is 1.69 bits per heavy atom. The van der Waals surface area contributed by atoms with E-state index in [4.69, 9.17) is 14.2 Å². The number of halogens is 3. The molecule has 0 spiro atoms. The Morgan fingerprint density at radius 1 is 0.966 bits per heavy atom. The Labute approximate surface area is 164 Å². The summed E-state index contributed by atoms with van der Waals surface area (Å²) in [6.07, 6.45) is -4.76. The van der Waals surface area contributed by atoms with Crippen molar-refractivity contribution in [2.24, 2.45) is 0 Å². The van der Waals surface area contributed by atoms with Gasteiger partial charge in [0.2, 0.25) is 0 Å². The standard InChI is InChI=1S/C22H17F3O4/c1-27-17-10-8-12-7-9-16-19(18(12)21(17)28-2)20(26)14(11-29-16)13-5-3-4-6-15(13)22(23,24)25/h3-11,20,26H,1-2H3. The molecule has 1 heterocycles. The molecule has 0 amide bonds. The molecule has 0 saturated carbocycles. The number of aliphatic hydroxyl groups excluding tert-OH is 1. The Balaban J connectivity index is 1.95. The molecule has 1 aliphatic heterocycles. The molecular formula is C22H17F3O4. The van der Waals surface area contributed by atoms with Gasteiger partial charge in [-0.25, -0.2) is 0 Å². The van der Waals surface area contributed by atoms with Crippen molar-refractivity contribution in [1.82, 2.24) is 0 Å². The molecule has 1 aliphatic rings. The third kappa shape index (κ3) is 3.07. The van der Waals surface area contributed by atoms with E-state index in [1.807, 2.05) is 0 Å². The minimum atomic E-state index is -4.57. The number of rotatable bonds is 3. The third-order valence-electron chi connectivity index (χ3n) is 4.95.